The highest BCUT2D eigenvalue weighted by Crippen LogP contribution is 2.34. The molecule has 1 atom stereocenters. The summed E-state index contributed by atoms with van der Waals surface area (Å²) in [6.45, 7) is 2.31. The number of hydrogen-bond donors (Lipinski definition) is 2. The van der Waals surface area contributed by atoms with Crippen molar-refractivity contribution in [3.8, 4) is 0 Å². The van der Waals surface area contributed by atoms with Gasteiger partial charge in [-0.25, -0.2) is 0 Å². The van der Waals surface area contributed by atoms with Crippen molar-refractivity contribution >= 4 is 15.9 Å². The second-order valence-electron chi connectivity index (χ2n) is 5.94. The molecule has 0 saturated carbocycles. The molecule has 3 rings (SSSR count). The van der Waals surface area contributed by atoms with Gasteiger partial charge in [0.15, 0.2) is 0 Å². The van der Waals surface area contributed by atoms with E-state index in [-0.39, 0.29) is 6.61 Å². The van der Waals surface area contributed by atoms with Crippen LogP contribution in [0.4, 0.5) is 0 Å². The molecule has 2 aromatic rings. The fourth-order valence-corrected chi connectivity index (χ4v) is 3.44. The summed E-state index contributed by atoms with van der Waals surface area (Å²) in [4.78, 5) is 2.27. The van der Waals surface area contributed by atoms with E-state index in [9.17, 15) is 10.2 Å². The van der Waals surface area contributed by atoms with Gasteiger partial charge >= 0.3 is 0 Å². The van der Waals surface area contributed by atoms with Gasteiger partial charge in [-0.2, -0.15) is 0 Å². The minimum absolute atomic E-state index is 0.0295. The maximum atomic E-state index is 11.0. The van der Waals surface area contributed by atoms with Crippen molar-refractivity contribution in [3.05, 3.63) is 69.7 Å². The number of nitrogens with zero attached hydrogens (tertiary/aromatic N) is 1. The smallest absolute Gasteiger partial charge is 0.103 e. The lowest BCUT2D eigenvalue weighted by Crippen LogP contribution is -2.30. The summed E-state index contributed by atoms with van der Waals surface area (Å²) in [6, 6.07) is 16.1. The predicted octanol–water partition coefficient (Wildman–Crippen LogP) is 3.03. The van der Waals surface area contributed by atoms with Crippen molar-refractivity contribution in [2.45, 2.75) is 25.2 Å². The molecule has 0 spiro atoms. The predicted molar refractivity (Wildman–Crippen MR) is 90.3 cm³/mol. The number of hydrogen-bond acceptors (Lipinski definition) is 3. The van der Waals surface area contributed by atoms with Gasteiger partial charge in [0.2, 0.25) is 0 Å². The van der Waals surface area contributed by atoms with Crippen molar-refractivity contribution in [2.75, 3.05) is 13.1 Å². The van der Waals surface area contributed by atoms with E-state index < -0.39 is 5.60 Å². The zero-order valence-electron chi connectivity index (χ0n) is 12.4. The molecular weight excluding hydrogens is 342 g/mol. The third-order valence-corrected chi connectivity index (χ3v) is 5.10. The lowest BCUT2D eigenvalue weighted by molar-refractivity contribution is 0.0451. The Morgan fingerprint density at radius 3 is 2.64 bits per heavy atom. The van der Waals surface area contributed by atoms with Crippen molar-refractivity contribution in [2.24, 2.45) is 0 Å². The molecular formula is C18H20BrNO2. The van der Waals surface area contributed by atoms with Crippen LogP contribution in [-0.4, -0.2) is 28.2 Å². The Hall–Kier alpha value is -1.20. The normalized spacial score (nSPS) is 22.1. The number of rotatable bonds is 4. The van der Waals surface area contributed by atoms with Crippen LogP contribution in [0.15, 0.2) is 53.0 Å². The average molecular weight is 362 g/mol. The molecule has 116 valence electrons. The Kier molecular flexibility index (Phi) is 4.64. The van der Waals surface area contributed by atoms with Crippen molar-refractivity contribution in [3.63, 3.8) is 0 Å². The minimum atomic E-state index is -0.834. The number of benzene rings is 2. The molecule has 1 saturated heterocycles. The average Bonchev–Trinajstić information content (AvgIpc) is 2.91. The summed E-state index contributed by atoms with van der Waals surface area (Å²) in [5.74, 6) is 0. The number of β-amino-alcohol motifs (C(OH)–C–C–N with tert-alkyl or cyclic N) is 1. The van der Waals surface area contributed by atoms with Crippen LogP contribution in [0.1, 0.15) is 23.1 Å². The van der Waals surface area contributed by atoms with Gasteiger partial charge in [-0.05, 0) is 35.2 Å². The highest BCUT2D eigenvalue weighted by atomic mass is 79.9. The van der Waals surface area contributed by atoms with Crippen molar-refractivity contribution < 1.29 is 10.2 Å². The summed E-state index contributed by atoms with van der Waals surface area (Å²) in [5.41, 5.74) is 2.13. The summed E-state index contributed by atoms with van der Waals surface area (Å²) in [6.07, 6.45) is 0.715. The number of likely N-dealkylation sites (tertiary alicyclic amines) is 1. The van der Waals surface area contributed by atoms with Crippen LogP contribution < -0.4 is 0 Å². The Balaban J connectivity index is 1.75. The number of aliphatic hydroxyl groups excluding tert-OH is 1. The monoisotopic (exact) mass is 361 g/mol. The lowest BCUT2D eigenvalue weighted by atomic mass is 9.92. The van der Waals surface area contributed by atoms with E-state index in [1.54, 1.807) is 0 Å². The molecule has 0 radical (unpaired) electrons. The van der Waals surface area contributed by atoms with Gasteiger partial charge in [0.1, 0.15) is 5.60 Å². The highest BCUT2D eigenvalue weighted by Gasteiger charge is 2.37. The van der Waals surface area contributed by atoms with Crippen molar-refractivity contribution in [1.82, 2.24) is 4.90 Å². The molecule has 4 heteroatoms. The topological polar surface area (TPSA) is 43.7 Å². The van der Waals surface area contributed by atoms with E-state index in [0.717, 1.165) is 28.7 Å². The molecule has 0 unspecified atom stereocenters. The first-order valence-electron chi connectivity index (χ1n) is 7.49. The Morgan fingerprint density at radius 2 is 1.91 bits per heavy atom. The molecule has 0 aliphatic carbocycles. The molecule has 3 nitrogen and oxygen atoms in total. The summed E-state index contributed by atoms with van der Waals surface area (Å²) in [5, 5.41) is 20.4. The van der Waals surface area contributed by atoms with Gasteiger partial charge < -0.3 is 10.2 Å². The lowest BCUT2D eigenvalue weighted by Gasteiger charge is -2.25. The van der Waals surface area contributed by atoms with E-state index in [0.29, 0.717) is 13.0 Å². The van der Waals surface area contributed by atoms with Crippen LogP contribution in [0.25, 0.3) is 0 Å². The van der Waals surface area contributed by atoms with Crippen LogP contribution in [0.2, 0.25) is 0 Å². The third-order valence-electron chi connectivity index (χ3n) is 4.33. The van der Waals surface area contributed by atoms with Crippen LogP contribution in [0.3, 0.4) is 0 Å². The molecule has 0 amide bonds. The Morgan fingerprint density at radius 1 is 1.14 bits per heavy atom. The first-order valence-corrected chi connectivity index (χ1v) is 8.28. The summed E-state index contributed by atoms with van der Waals surface area (Å²) < 4.78 is 0.876. The van der Waals surface area contributed by atoms with E-state index in [1.165, 1.54) is 5.56 Å². The number of halogens is 1. The molecule has 1 fully saturated rings. The van der Waals surface area contributed by atoms with E-state index in [2.05, 4.69) is 33.0 Å². The minimum Gasteiger partial charge on any atom is -0.392 e. The Labute approximate surface area is 139 Å². The molecule has 2 N–H and O–H groups in total. The van der Waals surface area contributed by atoms with E-state index >= 15 is 0 Å². The maximum Gasteiger partial charge on any atom is 0.103 e. The van der Waals surface area contributed by atoms with Crippen LogP contribution in [-0.2, 0) is 18.8 Å². The third kappa shape index (κ3) is 3.25. The van der Waals surface area contributed by atoms with E-state index in [4.69, 9.17) is 0 Å². The molecule has 22 heavy (non-hydrogen) atoms. The first kappa shape index (κ1) is 15.7. The van der Waals surface area contributed by atoms with Gasteiger partial charge in [-0.15, -0.1) is 0 Å². The van der Waals surface area contributed by atoms with E-state index in [1.807, 2.05) is 36.4 Å². The second kappa shape index (κ2) is 6.50. The zero-order chi connectivity index (χ0) is 15.6. The first-order chi connectivity index (χ1) is 10.6. The molecule has 0 bridgehead atoms. The zero-order valence-corrected chi connectivity index (χ0v) is 14.0. The van der Waals surface area contributed by atoms with Gasteiger partial charge in [-0.3, -0.25) is 4.90 Å². The van der Waals surface area contributed by atoms with Gasteiger partial charge in [-0.1, -0.05) is 52.3 Å². The highest BCUT2D eigenvalue weighted by molar-refractivity contribution is 9.10. The quantitative estimate of drug-likeness (QED) is 0.879. The largest absolute Gasteiger partial charge is 0.392 e. The van der Waals surface area contributed by atoms with Gasteiger partial charge in [0, 0.05) is 24.1 Å². The molecule has 1 aliphatic rings. The SMILES string of the molecule is OCc1cc([C@@]2(O)CCN(Cc3ccccc3)C2)ccc1Br. The molecule has 0 aromatic heterocycles. The fourth-order valence-electron chi connectivity index (χ4n) is 3.07. The maximum absolute atomic E-state index is 11.0. The van der Waals surface area contributed by atoms with Crippen LogP contribution in [0.5, 0.6) is 0 Å². The standard InChI is InChI=1S/C18H20BrNO2/c19-17-7-6-16(10-15(17)12-21)18(22)8-9-20(13-18)11-14-4-2-1-3-5-14/h1-7,10,21-22H,8-9,11-13H2/t18-/m1/s1. The van der Waals surface area contributed by atoms with Crippen LogP contribution >= 0.6 is 15.9 Å². The Bertz CT molecular complexity index is 647. The van der Waals surface area contributed by atoms with Gasteiger partial charge in [0.25, 0.3) is 0 Å². The van der Waals surface area contributed by atoms with Crippen LogP contribution in [0, 0.1) is 0 Å². The fraction of sp³-hybridized carbons (Fsp3) is 0.333. The molecule has 2 aromatic carbocycles. The molecule has 1 aliphatic heterocycles. The summed E-state index contributed by atoms with van der Waals surface area (Å²) >= 11 is 3.42. The summed E-state index contributed by atoms with van der Waals surface area (Å²) in [7, 11) is 0. The number of aliphatic hydroxyl groups is 2. The molecule has 1 heterocycles. The van der Waals surface area contributed by atoms with Crippen molar-refractivity contribution in [1.29, 1.82) is 0 Å². The second-order valence-corrected chi connectivity index (χ2v) is 6.80. The van der Waals surface area contributed by atoms with Gasteiger partial charge in [0.05, 0.1) is 6.61 Å².